The molecule has 2 amide bonds. The number of rotatable bonds is 6. The number of nitrogens with one attached hydrogen (secondary N) is 2. The summed E-state index contributed by atoms with van der Waals surface area (Å²) >= 11 is 3.12. The summed E-state index contributed by atoms with van der Waals surface area (Å²) in [5, 5.41) is 17.1. The molecule has 0 spiro atoms. The molecule has 1 aromatic heterocycles. The number of carbonyl (C=O) groups excluding carboxylic acids is 1. The Bertz CT molecular complexity index is 507. The lowest BCUT2D eigenvalue weighted by atomic mass is 10.2. The Morgan fingerprint density at radius 1 is 1.52 bits per heavy atom. The average Bonchev–Trinajstić information content (AvgIpc) is 3.07. The Labute approximate surface area is 131 Å². The summed E-state index contributed by atoms with van der Waals surface area (Å²) in [5.74, 6) is 0.00833. The number of hydrogen-bond donors (Lipinski definition) is 3. The normalized spacial score (nSPS) is 21.2. The van der Waals surface area contributed by atoms with Crippen LogP contribution in [0, 0.1) is 0 Å². The summed E-state index contributed by atoms with van der Waals surface area (Å²) in [4.78, 5) is 26.5. The number of thioether (sulfide) groups is 1. The molecule has 2 unspecified atom stereocenters. The number of hydrogen-bond acceptors (Lipinski definition) is 5. The summed E-state index contributed by atoms with van der Waals surface area (Å²) in [7, 11) is 0. The van der Waals surface area contributed by atoms with Crippen LogP contribution in [0.25, 0.3) is 0 Å². The van der Waals surface area contributed by atoms with Crippen LogP contribution >= 0.6 is 23.1 Å². The Hall–Kier alpha value is -1.28. The van der Waals surface area contributed by atoms with Crippen LogP contribution in [0.2, 0.25) is 0 Å². The second kappa shape index (κ2) is 7.65. The molecule has 0 bridgehead atoms. The lowest BCUT2D eigenvalue weighted by Crippen LogP contribution is -2.44. The van der Waals surface area contributed by atoms with Gasteiger partial charge in [0.1, 0.15) is 5.01 Å². The molecule has 6 nitrogen and oxygen atoms in total. The van der Waals surface area contributed by atoms with E-state index in [9.17, 15) is 9.59 Å². The fraction of sp³-hybridized carbons (Fsp3) is 0.615. The van der Waals surface area contributed by atoms with Crippen LogP contribution in [0.5, 0.6) is 0 Å². The molecule has 8 heteroatoms. The van der Waals surface area contributed by atoms with Gasteiger partial charge in [0.2, 0.25) is 0 Å². The molecule has 0 radical (unpaired) electrons. The van der Waals surface area contributed by atoms with E-state index in [1.165, 1.54) is 16.7 Å². The predicted molar refractivity (Wildman–Crippen MR) is 84.0 cm³/mol. The quantitative estimate of drug-likeness (QED) is 0.745. The van der Waals surface area contributed by atoms with E-state index in [0.29, 0.717) is 10.3 Å². The van der Waals surface area contributed by atoms with Crippen LogP contribution in [0.4, 0.5) is 4.79 Å². The van der Waals surface area contributed by atoms with Crippen molar-refractivity contribution in [2.45, 2.75) is 44.0 Å². The summed E-state index contributed by atoms with van der Waals surface area (Å²) in [6.45, 7) is 2.38. The molecule has 21 heavy (non-hydrogen) atoms. The fourth-order valence-electron chi connectivity index (χ4n) is 2.37. The highest BCUT2D eigenvalue weighted by molar-refractivity contribution is 7.99. The van der Waals surface area contributed by atoms with Gasteiger partial charge in [-0.1, -0.05) is 13.3 Å². The van der Waals surface area contributed by atoms with E-state index >= 15 is 0 Å². The van der Waals surface area contributed by atoms with E-state index in [4.69, 9.17) is 5.11 Å². The Morgan fingerprint density at radius 3 is 3.00 bits per heavy atom. The monoisotopic (exact) mass is 329 g/mol. The van der Waals surface area contributed by atoms with Crippen molar-refractivity contribution in [1.82, 2.24) is 15.6 Å². The summed E-state index contributed by atoms with van der Waals surface area (Å²) in [5.41, 5.74) is 0.0208. The van der Waals surface area contributed by atoms with Crippen LogP contribution in [0.15, 0.2) is 5.38 Å². The number of aromatic carboxylic acids is 1. The number of carbonyl (C=O) groups is 2. The molecule has 1 aromatic rings. The van der Waals surface area contributed by atoms with Crippen molar-refractivity contribution in [3.63, 3.8) is 0 Å². The van der Waals surface area contributed by atoms with Gasteiger partial charge in [-0.15, -0.1) is 11.3 Å². The van der Waals surface area contributed by atoms with Crippen LogP contribution in [0.1, 0.15) is 41.7 Å². The number of carboxylic acids is 1. The Balaban J connectivity index is 1.77. The highest BCUT2D eigenvalue weighted by atomic mass is 32.2. The largest absolute Gasteiger partial charge is 0.476 e. The van der Waals surface area contributed by atoms with E-state index < -0.39 is 5.97 Å². The van der Waals surface area contributed by atoms with Crippen molar-refractivity contribution in [3.05, 3.63) is 16.1 Å². The molecular weight excluding hydrogens is 310 g/mol. The topological polar surface area (TPSA) is 91.3 Å². The van der Waals surface area contributed by atoms with Crippen LogP contribution < -0.4 is 10.6 Å². The first kappa shape index (κ1) is 16.1. The predicted octanol–water partition coefficient (Wildman–Crippen LogP) is 2.31. The van der Waals surface area contributed by atoms with Crippen molar-refractivity contribution < 1.29 is 14.7 Å². The minimum Gasteiger partial charge on any atom is -0.476 e. The van der Waals surface area contributed by atoms with Gasteiger partial charge in [0.05, 0.1) is 6.54 Å². The molecule has 1 fully saturated rings. The van der Waals surface area contributed by atoms with Crippen molar-refractivity contribution in [1.29, 1.82) is 0 Å². The summed E-state index contributed by atoms with van der Waals surface area (Å²) in [6.07, 6.45) is 3.32. The van der Waals surface area contributed by atoms with Crippen molar-refractivity contribution in [2.75, 3.05) is 5.75 Å². The average molecular weight is 329 g/mol. The maximum atomic E-state index is 11.9. The maximum Gasteiger partial charge on any atom is 0.355 e. The van der Waals surface area contributed by atoms with Gasteiger partial charge >= 0.3 is 12.0 Å². The number of urea groups is 1. The smallest absolute Gasteiger partial charge is 0.355 e. The molecule has 2 rings (SSSR count). The summed E-state index contributed by atoms with van der Waals surface area (Å²) in [6, 6.07) is 0.0107. The number of amides is 2. The zero-order chi connectivity index (χ0) is 15.2. The van der Waals surface area contributed by atoms with E-state index in [1.807, 2.05) is 11.8 Å². The van der Waals surface area contributed by atoms with Gasteiger partial charge in [0.25, 0.3) is 0 Å². The third kappa shape index (κ3) is 4.60. The standard InChI is InChI=1S/C13H19N3O3S2/c1-2-20-10-5-3-4-8(10)16-13(19)14-6-11-15-9(7-21-11)12(17)18/h7-8,10H,2-6H2,1H3,(H,17,18)(H2,14,16,19). The van der Waals surface area contributed by atoms with Crippen molar-refractivity contribution in [3.8, 4) is 0 Å². The minimum atomic E-state index is -1.05. The molecule has 1 heterocycles. The SMILES string of the molecule is CCSC1CCCC1NC(=O)NCc1nc(C(=O)O)cs1. The molecular formula is C13H19N3O3S2. The number of carboxylic acid groups (broad SMARTS) is 1. The van der Waals surface area contributed by atoms with Gasteiger partial charge < -0.3 is 15.7 Å². The third-order valence-electron chi connectivity index (χ3n) is 3.32. The van der Waals surface area contributed by atoms with Crippen LogP contribution in [0.3, 0.4) is 0 Å². The van der Waals surface area contributed by atoms with Crippen molar-refractivity contribution in [2.24, 2.45) is 0 Å². The van der Waals surface area contributed by atoms with E-state index in [0.717, 1.165) is 25.0 Å². The molecule has 0 aliphatic heterocycles. The molecule has 0 aromatic carbocycles. The fourth-order valence-corrected chi connectivity index (χ4v) is 4.28. The first-order chi connectivity index (χ1) is 10.1. The van der Waals surface area contributed by atoms with Crippen molar-refractivity contribution >= 4 is 35.1 Å². The van der Waals surface area contributed by atoms with Gasteiger partial charge in [-0.05, 0) is 18.6 Å². The first-order valence-electron chi connectivity index (χ1n) is 6.93. The zero-order valence-electron chi connectivity index (χ0n) is 11.8. The maximum absolute atomic E-state index is 11.9. The van der Waals surface area contributed by atoms with E-state index in [1.54, 1.807) is 0 Å². The van der Waals surface area contributed by atoms with E-state index in [-0.39, 0.29) is 24.3 Å². The minimum absolute atomic E-state index is 0.0208. The lowest BCUT2D eigenvalue weighted by Gasteiger charge is -2.20. The molecule has 1 aliphatic carbocycles. The lowest BCUT2D eigenvalue weighted by molar-refractivity contribution is 0.0691. The van der Waals surface area contributed by atoms with Gasteiger partial charge in [0, 0.05) is 16.7 Å². The van der Waals surface area contributed by atoms with Gasteiger partial charge in [0.15, 0.2) is 5.69 Å². The molecule has 1 aliphatic rings. The first-order valence-corrected chi connectivity index (χ1v) is 8.86. The van der Waals surface area contributed by atoms with Crippen LogP contribution in [-0.4, -0.2) is 39.1 Å². The molecule has 3 N–H and O–H groups in total. The second-order valence-electron chi connectivity index (χ2n) is 4.79. The molecule has 1 saturated carbocycles. The third-order valence-corrected chi connectivity index (χ3v) is 5.50. The van der Waals surface area contributed by atoms with E-state index in [2.05, 4.69) is 22.5 Å². The highest BCUT2D eigenvalue weighted by Gasteiger charge is 2.28. The zero-order valence-corrected chi connectivity index (χ0v) is 13.4. The molecule has 116 valence electrons. The number of aromatic nitrogens is 1. The highest BCUT2D eigenvalue weighted by Crippen LogP contribution is 2.29. The number of thiazole rings is 1. The summed E-state index contributed by atoms with van der Waals surface area (Å²) < 4.78 is 0. The molecule has 2 atom stereocenters. The molecule has 0 saturated heterocycles. The second-order valence-corrected chi connectivity index (χ2v) is 7.25. The number of nitrogens with zero attached hydrogens (tertiary/aromatic N) is 1. The van der Waals surface area contributed by atoms with Gasteiger partial charge in [-0.2, -0.15) is 11.8 Å². The van der Waals surface area contributed by atoms with Crippen LogP contribution in [-0.2, 0) is 6.54 Å². The van der Waals surface area contributed by atoms with Gasteiger partial charge in [-0.3, -0.25) is 0 Å². The Morgan fingerprint density at radius 2 is 2.33 bits per heavy atom. The Kier molecular flexibility index (Phi) is 5.86. The van der Waals surface area contributed by atoms with Gasteiger partial charge in [-0.25, -0.2) is 14.6 Å².